The van der Waals surface area contributed by atoms with E-state index in [9.17, 15) is 13.2 Å². The van der Waals surface area contributed by atoms with Gasteiger partial charge in [0, 0.05) is 18.3 Å². The topological polar surface area (TPSA) is 67.1 Å². The Balaban J connectivity index is 1.88. The number of hydrogen-bond donors (Lipinski definition) is 2. The van der Waals surface area contributed by atoms with Crippen LogP contribution in [-0.2, 0) is 6.18 Å². The molecule has 3 rings (SSSR count). The number of benzene rings is 1. The molecule has 1 aliphatic rings. The van der Waals surface area contributed by atoms with E-state index in [1.54, 1.807) is 6.07 Å². The molecule has 26 heavy (non-hydrogen) atoms. The van der Waals surface area contributed by atoms with Crippen molar-refractivity contribution in [1.29, 1.82) is 0 Å². The molecule has 0 spiro atoms. The summed E-state index contributed by atoms with van der Waals surface area (Å²) in [4.78, 5) is 10.6. The highest BCUT2D eigenvalue weighted by molar-refractivity contribution is 5.78. The van der Waals surface area contributed by atoms with E-state index in [-0.39, 0.29) is 5.69 Å². The minimum atomic E-state index is -4.40. The largest absolute Gasteiger partial charge is 0.416 e. The molecule has 0 aliphatic carbocycles. The number of piperidine rings is 1. The fourth-order valence-corrected chi connectivity index (χ4v) is 3.33. The molecule has 3 N–H and O–H groups in total. The molecular weight excluding hydrogens is 343 g/mol. The molecule has 1 fully saturated rings. The van der Waals surface area contributed by atoms with Gasteiger partial charge in [0.25, 0.3) is 0 Å². The molecule has 1 unspecified atom stereocenters. The molecule has 1 atom stereocenters. The molecule has 1 aliphatic heterocycles. The molecule has 0 amide bonds. The molecule has 1 aromatic carbocycles. The smallest absolute Gasteiger partial charge is 0.393 e. The van der Waals surface area contributed by atoms with Crippen LogP contribution in [0.3, 0.4) is 0 Å². The molecule has 140 valence electrons. The molecule has 0 bridgehead atoms. The van der Waals surface area contributed by atoms with Gasteiger partial charge in [-0.25, -0.2) is 9.97 Å². The van der Waals surface area contributed by atoms with Crippen LogP contribution in [0.4, 0.5) is 36.2 Å². The Morgan fingerprint density at radius 2 is 2.08 bits per heavy atom. The van der Waals surface area contributed by atoms with Gasteiger partial charge in [0.2, 0.25) is 0 Å². The second kappa shape index (κ2) is 7.39. The predicted molar refractivity (Wildman–Crippen MR) is 96.4 cm³/mol. The summed E-state index contributed by atoms with van der Waals surface area (Å²) in [6.07, 6.45) is 1.30. The molecule has 2 heterocycles. The normalized spacial score (nSPS) is 18.0. The van der Waals surface area contributed by atoms with Crippen molar-refractivity contribution >= 4 is 23.0 Å². The number of hydrogen-bond acceptors (Lipinski definition) is 5. The van der Waals surface area contributed by atoms with Gasteiger partial charge in [-0.1, -0.05) is 13.0 Å². The van der Waals surface area contributed by atoms with E-state index in [1.807, 2.05) is 0 Å². The Labute approximate surface area is 150 Å². The second-order valence-electron chi connectivity index (χ2n) is 6.41. The number of aromatic nitrogens is 2. The lowest BCUT2D eigenvalue weighted by molar-refractivity contribution is -0.137. The Hall–Kier alpha value is -2.51. The van der Waals surface area contributed by atoms with Crippen molar-refractivity contribution in [2.45, 2.75) is 44.8 Å². The Morgan fingerprint density at radius 3 is 2.81 bits per heavy atom. The highest BCUT2D eigenvalue weighted by Crippen LogP contribution is 2.35. The first-order valence-corrected chi connectivity index (χ1v) is 8.71. The minimum Gasteiger partial charge on any atom is -0.393 e. The molecule has 1 aromatic heterocycles. The lowest BCUT2D eigenvalue weighted by Gasteiger charge is -2.36. The lowest BCUT2D eigenvalue weighted by atomic mass is 10.00. The van der Waals surface area contributed by atoms with Gasteiger partial charge in [-0.05, 0) is 43.9 Å². The quantitative estimate of drug-likeness (QED) is 0.829. The van der Waals surface area contributed by atoms with Crippen LogP contribution in [0.2, 0.25) is 0 Å². The van der Waals surface area contributed by atoms with Crippen LogP contribution in [0.15, 0.2) is 30.6 Å². The second-order valence-corrected chi connectivity index (χ2v) is 6.41. The Kier molecular flexibility index (Phi) is 5.20. The van der Waals surface area contributed by atoms with Crippen LogP contribution in [0.25, 0.3) is 0 Å². The Bertz CT molecular complexity index is 763. The summed E-state index contributed by atoms with van der Waals surface area (Å²) < 4.78 is 38.7. The summed E-state index contributed by atoms with van der Waals surface area (Å²) in [6, 6.07) is 5.33. The van der Waals surface area contributed by atoms with Crippen molar-refractivity contribution in [2.75, 3.05) is 22.5 Å². The third-order valence-electron chi connectivity index (χ3n) is 4.69. The first-order chi connectivity index (χ1) is 12.4. The highest BCUT2D eigenvalue weighted by atomic mass is 19.4. The first kappa shape index (κ1) is 18.3. The van der Waals surface area contributed by atoms with Crippen molar-refractivity contribution in [3.8, 4) is 0 Å². The third kappa shape index (κ3) is 3.84. The predicted octanol–water partition coefficient (Wildman–Crippen LogP) is 4.59. The summed E-state index contributed by atoms with van der Waals surface area (Å²) in [6.45, 7) is 2.99. The summed E-state index contributed by atoms with van der Waals surface area (Å²) in [5, 5.41) is 2.89. The third-order valence-corrected chi connectivity index (χ3v) is 4.69. The van der Waals surface area contributed by atoms with Gasteiger partial charge >= 0.3 is 6.18 Å². The average Bonchev–Trinajstić information content (AvgIpc) is 2.63. The van der Waals surface area contributed by atoms with Gasteiger partial charge < -0.3 is 16.0 Å². The van der Waals surface area contributed by atoms with Crippen LogP contribution in [0, 0.1) is 0 Å². The highest BCUT2D eigenvalue weighted by Gasteiger charge is 2.30. The molecule has 0 radical (unpaired) electrons. The van der Waals surface area contributed by atoms with Gasteiger partial charge in [-0.15, -0.1) is 0 Å². The first-order valence-electron chi connectivity index (χ1n) is 8.71. The molecule has 5 nitrogen and oxygen atoms in total. The van der Waals surface area contributed by atoms with Crippen LogP contribution in [0.5, 0.6) is 0 Å². The van der Waals surface area contributed by atoms with Gasteiger partial charge in [-0.2, -0.15) is 13.2 Å². The fraction of sp³-hybridized carbons (Fsp3) is 0.444. The van der Waals surface area contributed by atoms with Gasteiger partial charge in [0.05, 0.1) is 5.56 Å². The number of alkyl halides is 3. The van der Waals surface area contributed by atoms with Gasteiger partial charge in [0.15, 0.2) is 11.6 Å². The summed E-state index contributed by atoms with van der Waals surface area (Å²) >= 11 is 0. The standard InChI is InChI=1S/C18H22F3N5/c1-2-14-8-3-4-9-26(14)17-15(22)16(23-11-24-17)25-13-7-5-6-12(10-13)18(19,20)21/h5-7,10-11,14H,2-4,8-9,22H2,1H3,(H,23,24,25). The van der Waals surface area contributed by atoms with E-state index in [0.717, 1.165) is 37.9 Å². The van der Waals surface area contributed by atoms with E-state index in [4.69, 9.17) is 5.73 Å². The molecular formula is C18H22F3N5. The van der Waals surface area contributed by atoms with E-state index < -0.39 is 11.7 Å². The van der Waals surface area contributed by atoms with Crippen molar-refractivity contribution in [3.05, 3.63) is 36.2 Å². The number of nitrogen functional groups attached to an aromatic ring is 1. The summed E-state index contributed by atoms with van der Waals surface area (Å²) in [7, 11) is 0. The van der Waals surface area contributed by atoms with Gasteiger partial charge in [0.1, 0.15) is 12.0 Å². The van der Waals surface area contributed by atoms with Crippen LogP contribution < -0.4 is 16.0 Å². The zero-order valence-electron chi connectivity index (χ0n) is 14.6. The van der Waals surface area contributed by atoms with Crippen LogP contribution in [-0.4, -0.2) is 22.6 Å². The number of nitrogens with zero attached hydrogens (tertiary/aromatic N) is 3. The molecule has 0 saturated carbocycles. The number of halogens is 3. The number of nitrogens with one attached hydrogen (secondary N) is 1. The molecule has 8 heteroatoms. The van der Waals surface area contributed by atoms with Crippen molar-refractivity contribution in [1.82, 2.24) is 9.97 Å². The molecule has 2 aromatic rings. The number of rotatable bonds is 4. The summed E-state index contributed by atoms with van der Waals surface area (Å²) in [5.41, 5.74) is 6.16. The average molecular weight is 365 g/mol. The van der Waals surface area contributed by atoms with E-state index in [0.29, 0.717) is 23.4 Å². The zero-order chi connectivity index (χ0) is 18.7. The van der Waals surface area contributed by atoms with E-state index in [1.165, 1.54) is 18.8 Å². The maximum atomic E-state index is 12.9. The van der Waals surface area contributed by atoms with Crippen molar-refractivity contribution in [3.63, 3.8) is 0 Å². The van der Waals surface area contributed by atoms with Crippen LogP contribution >= 0.6 is 0 Å². The monoisotopic (exact) mass is 365 g/mol. The van der Waals surface area contributed by atoms with Gasteiger partial charge in [-0.3, -0.25) is 0 Å². The van der Waals surface area contributed by atoms with E-state index >= 15 is 0 Å². The maximum absolute atomic E-state index is 12.9. The fourth-order valence-electron chi connectivity index (χ4n) is 3.33. The van der Waals surface area contributed by atoms with E-state index in [2.05, 4.69) is 27.1 Å². The zero-order valence-corrected chi connectivity index (χ0v) is 14.6. The SMILES string of the molecule is CCC1CCCCN1c1ncnc(Nc2cccc(C(F)(F)F)c2)c1N. The maximum Gasteiger partial charge on any atom is 0.416 e. The minimum absolute atomic E-state index is 0.280. The number of nitrogens with two attached hydrogens (primary N) is 1. The van der Waals surface area contributed by atoms with Crippen molar-refractivity contribution < 1.29 is 13.2 Å². The van der Waals surface area contributed by atoms with Crippen molar-refractivity contribution in [2.24, 2.45) is 0 Å². The Morgan fingerprint density at radius 1 is 1.27 bits per heavy atom. The number of anilines is 4. The molecule has 1 saturated heterocycles. The lowest BCUT2D eigenvalue weighted by Crippen LogP contribution is -2.40. The summed E-state index contributed by atoms with van der Waals surface area (Å²) in [5.74, 6) is 0.954. The van der Waals surface area contributed by atoms with Crippen LogP contribution in [0.1, 0.15) is 38.2 Å².